The van der Waals surface area contributed by atoms with Crippen molar-refractivity contribution in [2.75, 3.05) is 0 Å². The molecular formula is C16H28N2O2. The van der Waals surface area contributed by atoms with Gasteiger partial charge in [-0.25, -0.2) is 0 Å². The monoisotopic (exact) mass is 280 g/mol. The molecule has 0 bridgehead atoms. The molecule has 114 valence electrons. The van der Waals surface area contributed by atoms with Gasteiger partial charge in [0.25, 0.3) is 0 Å². The van der Waals surface area contributed by atoms with Crippen LogP contribution in [0.3, 0.4) is 0 Å². The molecule has 0 aromatic rings. The van der Waals surface area contributed by atoms with Gasteiger partial charge < -0.3 is 15.8 Å². The molecule has 4 heteroatoms. The highest BCUT2D eigenvalue weighted by Gasteiger charge is 2.54. The number of hydrogen-bond donors (Lipinski definition) is 2. The van der Waals surface area contributed by atoms with Gasteiger partial charge >= 0.3 is 0 Å². The Morgan fingerprint density at radius 2 is 2.10 bits per heavy atom. The Hall–Kier alpha value is -1.09. The first-order valence-electron chi connectivity index (χ1n) is 7.30. The van der Waals surface area contributed by atoms with Crippen molar-refractivity contribution in [2.45, 2.75) is 64.8 Å². The molecule has 1 heterocycles. The summed E-state index contributed by atoms with van der Waals surface area (Å²) in [6, 6.07) is -0.246. The van der Waals surface area contributed by atoms with E-state index in [2.05, 4.69) is 45.3 Å². The number of hydrogen-bond acceptors (Lipinski definition) is 3. The molecule has 0 aromatic heterocycles. The van der Waals surface area contributed by atoms with Crippen molar-refractivity contribution in [3.63, 3.8) is 0 Å². The second-order valence-corrected chi connectivity index (χ2v) is 6.50. The fourth-order valence-corrected chi connectivity index (χ4v) is 3.06. The quantitative estimate of drug-likeness (QED) is 0.757. The van der Waals surface area contributed by atoms with Crippen LogP contribution in [0.15, 0.2) is 18.4 Å². The lowest BCUT2D eigenvalue weighted by Crippen LogP contribution is -2.62. The van der Waals surface area contributed by atoms with Crippen molar-refractivity contribution in [1.29, 1.82) is 0 Å². The van der Waals surface area contributed by atoms with Crippen molar-refractivity contribution in [1.82, 2.24) is 5.32 Å². The molecule has 1 aliphatic heterocycles. The number of rotatable bonds is 5. The van der Waals surface area contributed by atoms with E-state index in [1.54, 1.807) is 6.08 Å². The maximum Gasteiger partial charge on any atom is 0.217 e. The number of carbonyl (C=O) groups is 1. The van der Waals surface area contributed by atoms with E-state index in [1.807, 2.05) is 0 Å². The van der Waals surface area contributed by atoms with Crippen LogP contribution in [0.1, 0.15) is 41.0 Å². The summed E-state index contributed by atoms with van der Waals surface area (Å²) in [5, 5.41) is 2.97. The Morgan fingerprint density at radius 3 is 2.50 bits per heavy atom. The second kappa shape index (κ2) is 6.57. The number of nitrogens with two attached hydrogens (primary N) is 1. The lowest BCUT2D eigenvalue weighted by Gasteiger charge is -2.34. The number of ether oxygens (including phenoxy) is 1. The molecule has 0 spiro atoms. The maximum atomic E-state index is 11.5. The van der Waals surface area contributed by atoms with Crippen LogP contribution in [-0.4, -0.2) is 29.7 Å². The van der Waals surface area contributed by atoms with Gasteiger partial charge in [0.05, 0.1) is 23.8 Å². The normalized spacial score (nSPS) is 33.3. The number of amides is 1. The minimum absolute atomic E-state index is 0.0825. The molecule has 0 saturated carbocycles. The summed E-state index contributed by atoms with van der Waals surface area (Å²) < 4.78 is 6.18. The largest absolute Gasteiger partial charge is 0.370 e. The van der Waals surface area contributed by atoms with E-state index in [-0.39, 0.29) is 30.1 Å². The van der Waals surface area contributed by atoms with Crippen molar-refractivity contribution in [3.8, 4) is 0 Å². The molecule has 20 heavy (non-hydrogen) atoms. The van der Waals surface area contributed by atoms with Crippen LogP contribution < -0.4 is 11.1 Å². The first-order valence-corrected chi connectivity index (χ1v) is 7.30. The SMILES string of the molecule is C=C=C[C@]1(N)[C@H](C(C)C)O[C@H](CC(C)C)[C@@H]1NC(C)=O. The van der Waals surface area contributed by atoms with Gasteiger partial charge in [-0.2, -0.15) is 0 Å². The Morgan fingerprint density at radius 1 is 1.50 bits per heavy atom. The fraction of sp³-hybridized carbons (Fsp3) is 0.750. The summed E-state index contributed by atoms with van der Waals surface area (Å²) in [5.41, 5.74) is 8.59. The number of carbonyl (C=O) groups excluding carboxylic acids is 1. The van der Waals surface area contributed by atoms with E-state index < -0.39 is 5.54 Å². The van der Waals surface area contributed by atoms with Crippen LogP contribution >= 0.6 is 0 Å². The van der Waals surface area contributed by atoms with Gasteiger partial charge in [0.2, 0.25) is 5.91 Å². The summed E-state index contributed by atoms with van der Waals surface area (Å²) in [6.45, 7) is 13.6. The van der Waals surface area contributed by atoms with Gasteiger partial charge in [-0.05, 0) is 24.3 Å². The van der Waals surface area contributed by atoms with Crippen molar-refractivity contribution < 1.29 is 9.53 Å². The Kier molecular flexibility index (Phi) is 5.58. The predicted octanol–water partition coefficient (Wildman–Crippen LogP) is 2.00. The molecule has 1 saturated heterocycles. The third kappa shape index (κ3) is 3.51. The van der Waals surface area contributed by atoms with Gasteiger partial charge in [-0.1, -0.05) is 34.3 Å². The zero-order chi connectivity index (χ0) is 15.5. The van der Waals surface area contributed by atoms with Crippen LogP contribution in [0.5, 0.6) is 0 Å². The highest BCUT2D eigenvalue weighted by atomic mass is 16.5. The lowest BCUT2D eigenvalue weighted by molar-refractivity contribution is -0.120. The van der Waals surface area contributed by atoms with Crippen molar-refractivity contribution in [2.24, 2.45) is 17.6 Å². The minimum Gasteiger partial charge on any atom is -0.370 e. The van der Waals surface area contributed by atoms with Crippen LogP contribution in [0, 0.1) is 11.8 Å². The zero-order valence-corrected chi connectivity index (χ0v) is 13.3. The molecule has 4 atom stereocenters. The van der Waals surface area contributed by atoms with Crippen LogP contribution in [0.25, 0.3) is 0 Å². The fourth-order valence-electron chi connectivity index (χ4n) is 3.06. The third-order valence-corrected chi connectivity index (χ3v) is 3.74. The van der Waals surface area contributed by atoms with Gasteiger partial charge in [-0.15, -0.1) is 5.73 Å². The van der Waals surface area contributed by atoms with Gasteiger partial charge in [-0.3, -0.25) is 4.79 Å². The van der Waals surface area contributed by atoms with E-state index in [1.165, 1.54) is 6.92 Å². The molecule has 0 aliphatic carbocycles. The predicted molar refractivity (Wildman–Crippen MR) is 81.2 cm³/mol. The van der Waals surface area contributed by atoms with Crippen molar-refractivity contribution in [3.05, 3.63) is 18.4 Å². The summed E-state index contributed by atoms with van der Waals surface area (Å²) in [4.78, 5) is 11.5. The summed E-state index contributed by atoms with van der Waals surface area (Å²) >= 11 is 0. The van der Waals surface area contributed by atoms with Crippen LogP contribution in [-0.2, 0) is 9.53 Å². The summed E-state index contributed by atoms with van der Waals surface area (Å²) in [7, 11) is 0. The number of nitrogens with one attached hydrogen (secondary N) is 1. The molecule has 3 N–H and O–H groups in total. The molecule has 0 aromatic carbocycles. The average Bonchev–Trinajstić information content (AvgIpc) is 2.53. The molecule has 4 nitrogen and oxygen atoms in total. The Balaban J connectivity index is 3.16. The second-order valence-electron chi connectivity index (χ2n) is 6.50. The first kappa shape index (κ1) is 17.0. The maximum absolute atomic E-state index is 11.5. The third-order valence-electron chi connectivity index (χ3n) is 3.74. The molecule has 1 amide bonds. The smallest absolute Gasteiger partial charge is 0.217 e. The molecule has 1 aliphatic rings. The lowest BCUT2D eigenvalue weighted by atomic mass is 9.80. The average molecular weight is 280 g/mol. The topological polar surface area (TPSA) is 64.3 Å². The zero-order valence-electron chi connectivity index (χ0n) is 13.3. The van der Waals surface area contributed by atoms with Crippen LogP contribution in [0.4, 0.5) is 0 Å². The highest BCUT2D eigenvalue weighted by molar-refractivity contribution is 5.73. The van der Waals surface area contributed by atoms with Crippen molar-refractivity contribution >= 4 is 5.91 Å². The first-order chi connectivity index (χ1) is 9.22. The van der Waals surface area contributed by atoms with E-state index >= 15 is 0 Å². The van der Waals surface area contributed by atoms with Gasteiger partial charge in [0, 0.05) is 6.92 Å². The molecule has 0 unspecified atom stereocenters. The Bertz CT molecular complexity index is 399. The van der Waals surface area contributed by atoms with E-state index in [0.717, 1.165) is 6.42 Å². The highest BCUT2D eigenvalue weighted by Crippen LogP contribution is 2.37. The van der Waals surface area contributed by atoms with E-state index in [0.29, 0.717) is 5.92 Å². The Labute approximate surface area is 122 Å². The molecular weight excluding hydrogens is 252 g/mol. The molecule has 1 fully saturated rings. The molecule has 0 radical (unpaired) electrons. The van der Waals surface area contributed by atoms with E-state index in [9.17, 15) is 4.79 Å². The van der Waals surface area contributed by atoms with Crippen LogP contribution in [0.2, 0.25) is 0 Å². The van der Waals surface area contributed by atoms with E-state index in [4.69, 9.17) is 10.5 Å². The molecule has 1 rings (SSSR count). The standard InChI is InChI=1S/C16H28N2O2/c1-7-8-16(17)14(18-12(6)19)13(9-10(2)3)20-15(16)11(4)5/h8,10-11,13-15H,1,9,17H2,2-6H3,(H,18,19)/t13-,14+,15+,16-/m1/s1. The summed E-state index contributed by atoms with van der Waals surface area (Å²) in [6.07, 6.45) is 2.37. The summed E-state index contributed by atoms with van der Waals surface area (Å²) in [5.74, 6) is 0.626. The van der Waals surface area contributed by atoms with Gasteiger partial charge in [0.1, 0.15) is 0 Å². The van der Waals surface area contributed by atoms with Gasteiger partial charge in [0.15, 0.2) is 0 Å². The minimum atomic E-state index is -0.763.